The second-order valence-corrected chi connectivity index (χ2v) is 4.04. The Kier molecular flexibility index (Phi) is 3.79. The van der Waals surface area contributed by atoms with E-state index in [-0.39, 0.29) is 16.9 Å². The second kappa shape index (κ2) is 5.39. The summed E-state index contributed by atoms with van der Waals surface area (Å²) >= 11 is 0. The topological polar surface area (TPSA) is 65.3 Å². The summed E-state index contributed by atoms with van der Waals surface area (Å²) in [6.45, 7) is 0. The van der Waals surface area contributed by atoms with E-state index in [4.69, 9.17) is 4.74 Å². The highest BCUT2D eigenvalue weighted by Crippen LogP contribution is 2.41. The zero-order chi connectivity index (χ0) is 15.6. The van der Waals surface area contributed by atoms with Crippen molar-refractivity contribution in [1.82, 2.24) is 4.98 Å². The van der Waals surface area contributed by atoms with Gasteiger partial charge in [0.15, 0.2) is 0 Å². The van der Waals surface area contributed by atoms with Gasteiger partial charge in [0.25, 0.3) is 0 Å². The van der Waals surface area contributed by atoms with Gasteiger partial charge in [-0.15, -0.1) is 0 Å². The summed E-state index contributed by atoms with van der Waals surface area (Å²) in [5.41, 5.74) is -1.53. The van der Waals surface area contributed by atoms with E-state index in [1.807, 2.05) is 0 Å². The number of alkyl halides is 3. The minimum atomic E-state index is -4.67. The highest BCUT2D eigenvalue weighted by atomic mass is 19.4. The van der Waals surface area contributed by atoms with E-state index in [1.165, 1.54) is 25.3 Å². The molecule has 1 aromatic heterocycles. The van der Waals surface area contributed by atoms with Crippen molar-refractivity contribution in [3.05, 3.63) is 52.2 Å². The van der Waals surface area contributed by atoms with Crippen molar-refractivity contribution >= 4 is 5.82 Å². The van der Waals surface area contributed by atoms with Crippen molar-refractivity contribution in [2.75, 3.05) is 7.11 Å². The first-order chi connectivity index (χ1) is 9.84. The van der Waals surface area contributed by atoms with Gasteiger partial charge in [0, 0.05) is 5.56 Å². The number of nitrogens with zero attached hydrogens (tertiary/aromatic N) is 2. The van der Waals surface area contributed by atoms with Crippen LogP contribution in [0.25, 0.3) is 11.1 Å². The Morgan fingerprint density at radius 3 is 2.52 bits per heavy atom. The number of nitro groups is 1. The molecule has 0 aliphatic rings. The van der Waals surface area contributed by atoms with E-state index in [2.05, 4.69) is 4.98 Å². The first-order valence-electron chi connectivity index (χ1n) is 5.69. The summed E-state index contributed by atoms with van der Waals surface area (Å²) in [5.74, 6) is -0.620. The van der Waals surface area contributed by atoms with E-state index in [0.717, 1.165) is 18.3 Å². The Morgan fingerprint density at radius 1 is 1.24 bits per heavy atom. The molecule has 1 heterocycles. The Morgan fingerprint density at radius 2 is 1.95 bits per heavy atom. The van der Waals surface area contributed by atoms with Crippen molar-refractivity contribution in [3.8, 4) is 16.9 Å². The maximum Gasteiger partial charge on any atom is 0.417 e. The second-order valence-electron chi connectivity index (χ2n) is 4.04. The molecule has 0 aliphatic heterocycles. The average Bonchev–Trinajstić information content (AvgIpc) is 2.45. The zero-order valence-corrected chi connectivity index (χ0v) is 10.7. The van der Waals surface area contributed by atoms with Crippen molar-refractivity contribution in [2.24, 2.45) is 0 Å². The third-order valence-electron chi connectivity index (χ3n) is 2.78. The highest BCUT2D eigenvalue weighted by molar-refractivity contribution is 5.75. The van der Waals surface area contributed by atoms with E-state index in [1.54, 1.807) is 0 Å². The SMILES string of the molecule is COc1ccc(-c2cccnc2[N+](=O)[O-])c(C(F)(F)F)c1. The smallest absolute Gasteiger partial charge is 0.417 e. The summed E-state index contributed by atoms with van der Waals surface area (Å²) in [6.07, 6.45) is -3.52. The number of hydrogen-bond acceptors (Lipinski definition) is 4. The van der Waals surface area contributed by atoms with Gasteiger partial charge in [0.05, 0.1) is 18.2 Å². The van der Waals surface area contributed by atoms with Gasteiger partial charge in [-0.05, 0) is 40.2 Å². The van der Waals surface area contributed by atoms with E-state index >= 15 is 0 Å². The lowest BCUT2D eigenvalue weighted by Crippen LogP contribution is -2.08. The number of ether oxygens (including phenoxy) is 1. The van der Waals surface area contributed by atoms with Crippen LogP contribution in [0, 0.1) is 10.1 Å². The monoisotopic (exact) mass is 298 g/mol. The molecular weight excluding hydrogens is 289 g/mol. The fraction of sp³-hybridized carbons (Fsp3) is 0.154. The summed E-state index contributed by atoms with van der Waals surface area (Å²) in [4.78, 5) is 13.6. The third kappa shape index (κ3) is 2.93. The van der Waals surface area contributed by atoms with Crippen LogP contribution in [0.3, 0.4) is 0 Å². The summed E-state index contributed by atoms with van der Waals surface area (Å²) in [6, 6.07) is 5.80. The van der Waals surface area contributed by atoms with Gasteiger partial charge in [-0.3, -0.25) is 0 Å². The molecule has 1 aromatic carbocycles. The van der Waals surface area contributed by atoms with Crippen LogP contribution in [0.2, 0.25) is 0 Å². The van der Waals surface area contributed by atoms with Crippen LogP contribution in [0.1, 0.15) is 5.56 Å². The first kappa shape index (κ1) is 14.8. The summed E-state index contributed by atoms with van der Waals surface area (Å²) in [7, 11) is 1.24. The quantitative estimate of drug-likeness (QED) is 0.640. The molecule has 5 nitrogen and oxygen atoms in total. The molecule has 2 aromatic rings. The number of benzene rings is 1. The number of aromatic nitrogens is 1. The Labute approximate surface area is 117 Å². The van der Waals surface area contributed by atoms with Gasteiger partial charge in [-0.1, -0.05) is 0 Å². The number of methoxy groups -OCH3 is 1. The van der Waals surface area contributed by atoms with Crippen LogP contribution in [-0.2, 0) is 6.18 Å². The Hall–Kier alpha value is -2.64. The van der Waals surface area contributed by atoms with E-state index in [0.29, 0.717) is 0 Å². The highest BCUT2D eigenvalue weighted by Gasteiger charge is 2.35. The molecule has 0 N–H and O–H groups in total. The molecule has 0 fully saturated rings. The molecule has 0 saturated carbocycles. The van der Waals surface area contributed by atoms with Gasteiger partial charge in [0.2, 0.25) is 0 Å². The predicted octanol–water partition coefficient (Wildman–Crippen LogP) is 3.68. The van der Waals surface area contributed by atoms with Gasteiger partial charge in [0.1, 0.15) is 11.9 Å². The normalized spacial score (nSPS) is 11.2. The minimum Gasteiger partial charge on any atom is -0.497 e. The standard InChI is InChI=1S/C13H9F3N2O3/c1-21-8-4-5-9(11(7-8)13(14,15)16)10-3-2-6-17-12(10)18(19)20/h2-7H,1H3. The molecule has 2 rings (SSSR count). The number of hydrogen-bond donors (Lipinski definition) is 0. The van der Waals surface area contributed by atoms with E-state index in [9.17, 15) is 23.3 Å². The Balaban J connectivity index is 2.73. The molecule has 8 heteroatoms. The van der Waals surface area contributed by atoms with Crippen LogP contribution < -0.4 is 4.74 Å². The molecule has 0 spiro atoms. The van der Waals surface area contributed by atoms with E-state index < -0.39 is 22.5 Å². The van der Waals surface area contributed by atoms with Gasteiger partial charge in [-0.2, -0.15) is 13.2 Å². The number of pyridine rings is 1. The van der Waals surface area contributed by atoms with Gasteiger partial charge in [-0.25, -0.2) is 0 Å². The van der Waals surface area contributed by atoms with Crippen molar-refractivity contribution in [3.63, 3.8) is 0 Å². The largest absolute Gasteiger partial charge is 0.497 e. The van der Waals surface area contributed by atoms with Crippen molar-refractivity contribution in [1.29, 1.82) is 0 Å². The molecule has 0 radical (unpaired) electrons. The lowest BCUT2D eigenvalue weighted by atomic mass is 9.99. The fourth-order valence-electron chi connectivity index (χ4n) is 1.87. The van der Waals surface area contributed by atoms with Crippen LogP contribution in [0.15, 0.2) is 36.5 Å². The molecular formula is C13H9F3N2O3. The molecule has 21 heavy (non-hydrogen) atoms. The molecule has 0 atom stereocenters. The van der Waals surface area contributed by atoms with Crippen LogP contribution in [0.4, 0.5) is 19.0 Å². The fourth-order valence-corrected chi connectivity index (χ4v) is 1.87. The molecule has 110 valence electrons. The maximum atomic E-state index is 13.1. The minimum absolute atomic E-state index is 0.0117. The number of rotatable bonds is 3. The Bertz CT molecular complexity index is 687. The number of halogens is 3. The van der Waals surface area contributed by atoms with Crippen LogP contribution >= 0.6 is 0 Å². The molecule has 0 unspecified atom stereocenters. The molecule has 0 bridgehead atoms. The zero-order valence-electron chi connectivity index (χ0n) is 10.7. The summed E-state index contributed by atoms with van der Waals surface area (Å²) < 4.78 is 44.2. The van der Waals surface area contributed by atoms with Crippen molar-refractivity contribution < 1.29 is 22.8 Å². The van der Waals surface area contributed by atoms with Crippen LogP contribution in [0.5, 0.6) is 5.75 Å². The predicted molar refractivity (Wildman–Crippen MR) is 67.9 cm³/mol. The van der Waals surface area contributed by atoms with Crippen LogP contribution in [-0.4, -0.2) is 17.0 Å². The summed E-state index contributed by atoms with van der Waals surface area (Å²) in [5, 5.41) is 10.9. The maximum absolute atomic E-state index is 13.1. The van der Waals surface area contributed by atoms with Gasteiger partial charge < -0.3 is 14.9 Å². The molecule has 0 saturated heterocycles. The molecule has 0 amide bonds. The third-order valence-corrected chi connectivity index (χ3v) is 2.78. The lowest BCUT2D eigenvalue weighted by Gasteiger charge is -2.14. The van der Waals surface area contributed by atoms with Gasteiger partial charge >= 0.3 is 12.0 Å². The van der Waals surface area contributed by atoms with Crippen molar-refractivity contribution in [2.45, 2.75) is 6.18 Å². The first-order valence-corrected chi connectivity index (χ1v) is 5.69. The molecule has 0 aliphatic carbocycles. The lowest BCUT2D eigenvalue weighted by molar-refractivity contribution is -0.388. The average molecular weight is 298 g/mol.